The molecule has 1 heterocycles. The second-order valence-corrected chi connectivity index (χ2v) is 4.45. The fourth-order valence-electron chi connectivity index (χ4n) is 2.48. The highest BCUT2D eigenvalue weighted by Gasteiger charge is 2.24. The van der Waals surface area contributed by atoms with E-state index in [0.29, 0.717) is 5.78 Å². The monoisotopic (exact) mass is 182 g/mol. The minimum absolute atomic E-state index is 0.471. The molecule has 0 N–H and O–H groups in total. The number of carbonyl (C=O) groups is 1. The number of ether oxygens (including phenoxy) is 1. The Labute approximate surface area is 79.7 Å². The zero-order chi connectivity index (χ0) is 9.10. The molecule has 1 aliphatic carbocycles. The van der Waals surface area contributed by atoms with Gasteiger partial charge in [0.1, 0.15) is 5.78 Å². The molecule has 1 saturated heterocycles. The predicted octanol–water partition coefficient (Wildman–Crippen LogP) is 2.17. The topological polar surface area (TPSA) is 26.3 Å². The Balaban J connectivity index is 1.72. The van der Waals surface area contributed by atoms with E-state index in [0.717, 1.165) is 50.7 Å². The zero-order valence-corrected chi connectivity index (χ0v) is 8.13. The molecule has 2 rings (SSSR count). The largest absolute Gasteiger partial charge is 0.381 e. The van der Waals surface area contributed by atoms with Crippen LogP contribution in [0.1, 0.15) is 38.5 Å². The van der Waals surface area contributed by atoms with E-state index < -0.39 is 0 Å². The summed E-state index contributed by atoms with van der Waals surface area (Å²) in [5.74, 6) is 2.07. The van der Waals surface area contributed by atoms with Gasteiger partial charge in [-0.1, -0.05) is 0 Å². The first-order valence-electron chi connectivity index (χ1n) is 5.44. The third-order valence-electron chi connectivity index (χ3n) is 3.35. The number of hydrogen-bond acceptors (Lipinski definition) is 2. The molecule has 0 aromatic rings. The van der Waals surface area contributed by atoms with Crippen LogP contribution in [0.5, 0.6) is 0 Å². The van der Waals surface area contributed by atoms with Gasteiger partial charge in [-0.3, -0.25) is 4.79 Å². The highest BCUT2D eigenvalue weighted by Crippen LogP contribution is 2.30. The summed E-state index contributed by atoms with van der Waals surface area (Å²) >= 11 is 0. The maximum atomic E-state index is 11.0. The lowest BCUT2D eigenvalue weighted by Gasteiger charge is -2.22. The molecular weight excluding hydrogens is 164 g/mol. The Morgan fingerprint density at radius 3 is 2.54 bits per heavy atom. The molecule has 0 aromatic carbocycles. The standard InChI is InChI=1S/C11H18O2/c12-11-3-1-9(2-4-11)7-10-5-6-13-8-10/h9-10H,1-8H2. The van der Waals surface area contributed by atoms with Crippen LogP contribution in [-0.4, -0.2) is 19.0 Å². The molecule has 1 aliphatic heterocycles. The fourth-order valence-corrected chi connectivity index (χ4v) is 2.48. The lowest BCUT2D eigenvalue weighted by Crippen LogP contribution is -2.17. The molecule has 0 spiro atoms. The maximum Gasteiger partial charge on any atom is 0.132 e. The van der Waals surface area contributed by atoms with Gasteiger partial charge in [0.05, 0.1) is 0 Å². The van der Waals surface area contributed by atoms with E-state index >= 15 is 0 Å². The van der Waals surface area contributed by atoms with Crippen LogP contribution in [0.3, 0.4) is 0 Å². The quantitative estimate of drug-likeness (QED) is 0.654. The molecule has 2 aliphatic rings. The van der Waals surface area contributed by atoms with Crippen molar-refractivity contribution in [3.8, 4) is 0 Å². The Hall–Kier alpha value is -0.370. The first kappa shape index (κ1) is 9.20. The van der Waals surface area contributed by atoms with E-state index in [4.69, 9.17) is 4.74 Å². The Morgan fingerprint density at radius 1 is 1.15 bits per heavy atom. The van der Waals surface area contributed by atoms with Gasteiger partial charge in [-0.15, -0.1) is 0 Å². The van der Waals surface area contributed by atoms with Crippen LogP contribution in [0.4, 0.5) is 0 Å². The summed E-state index contributed by atoms with van der Waals surface area (Å²) in [5, 5.41) is 0. The van der Waals surface area contributed by atoms with Crippen LogP contribution in [0.2, 0.25) is 0 Å². The van der Waals surface area contributed by atoms with Crippen LogP contribution in [0, 0.1) is 11.8 Å². The Morgan fingerprint density at radius 2 is 1.92 bits per heavy atom. The van der Waals surface area contributed by atoms with Crippen LogP contribution in [0.25, 0.3) is 0 Å². The summed E-state index contributed by atoms with van der Waals surface area (Å²) in [5.41, 5.74) is 0. The number of ketones is 1. The lowest BCUT2D eigenvalue weighted by atomic mass is 9.82. The molecule has 1 atom stereocenters. The molecule has 0 amide bonds. The van der Waals surface area contributed by atoms with Crippen LogP contribution in [-0.2, 0) is 9.53 Å². The third-order valence-corrected chi connectivity index (χ3v) is 3.35. The maximum absolute atomic E-state index is 11.0. The average Bonchev–Trinajstić information content (AvgIpc) is 2.62. The van der Waals surface area contributed by atoms with Gasteiger partial charge in [-0.2, -0.15) is 0 Å². The second kappa shape index (κ2) is 4.23. The van der Waals surface area contributed by atoms with Gasteiger partial charge in [0.25, 0.3) is 0 Å². The van der Waals surface area contributed by atoms with Crippen molar-refractivity contribution in [2.75, 3.05) is 13.2 Å². The van der Waals surface area contributed by atoms with Crippen molar-refractivity contribution in [3.63, 3.8) is 0 Å². The fraction of sp³-hybridized carbons (Fsp3) is 0.909. The molecular formula is C11H18O2. The second-order valence-electron chi connectivity index (χ2n) is 4.45. The van der Waals surface area contributed by atoms with Crippen LogP contribution < -0.4 is 0 Å². The summed E-state index contributed by atoms with van der Waals surface area (Å²) in [6, 6.07) is 0. The smallest absolute Gasteiger partial charge is 0.132 e. The molecule has 0 aromatic heterocycles. The molecule has 1 unspecified atom stereocenters. The Kier molecular flexibility index (Phi) is 2.99. The van der Waals surface area contributed by atoms with Gasteiger partial charge in [0.15, 0.2) is 0 Å². The highest BCUT2D eigenvalue weighted by molar-refractivity contribution is 5.78. The van der Waals surface area contributed by atoms with E-state index in [1.54, 1.807) is 0 Å². The van der Waals surface area contributed by atoms with E-state index in [2.05, 4.69) is 0 Å². The molecule has 74 valence electrons. The van der Waals surface area contributed by atoms with Gasteiger partial charge < -0.3 is 4.74 Å². The molecule has 2 heteroatoms. The van der Waals surface area contributed by atoms with Gasteiger partial charge in [-0.25, -0.2) is 0 Å². The predicted molar refractivity (Wildman–Crippen MR) is 50.5 cm³/mol. The van der Waals surface area contributed by atoms with Gasteiger partial charge in [0.2, 0.25) is 0 Å². The number of carbonyl (C=O) groups excluding carboxylic acids is 1. The Bertz CT molecular complexity index is 173. The van der Waals surface area contributed by atoms with E-state index in [-0.39, 0.29) is 0 Å². The van der Waals surface area contributed by atoms with E-state index in [9.17, 15) is 4.79 Å². The molecule has 0 radical (unpaired) electrons. The van der Waals surface area contributed by atoms with Crippen molar-refractivity contribution in [2.24, 2.45) is 11.8 Å². The average molecular weight is 182 g/mol. The van der Waals surface area contributed by atoms with Crippen molar-refractivity contribution in [2.45, 2.75) is 38.5 Å². The van der Waals surface area contributed by atoms with Gasteiger partial charge >= 0.3 is 0 Å². The summed E-state index contributed by atoms with van der Waals surface area (Å²) < 4.78 is 5.35. The minimum atomic E-state index is 0.471. The molecule has 2 nitrogen and oxygen atoms in total. The SMILES string of the molecule is O=C1CCC(CC2CCOC2)CC1. The number of Topliss-reactive ketones (excluding diaryl/α,β-unsaturated/α-hetero) is 1. The summed E-state index contributed by atoms with van der Waals surface area (Å²) in [6.45, 7) is 1.92. The number of rotatable bonds is 2. The minimum Gasteiger partial charge on any atom is -0.381 e. The zero-order valence-electron chi connectivity index (χ0n) is 8.13. The summed E-state index contributed by atoms with van der Waals surface area (Å²) in [4.78, 5) is 11.0. The highest BCUT2D eigenvalue weighted by atomic mass is 16.5. The van der Waals surface area contributed by atoms with Crippen molar-refractivity contribution in [1.82, 2.24) is 0 Å². The van der Waals surface area contributed by atoms with Crippen molar-refractivity contribution >= 4 is 5.78 Å². The first-order valence-corrected chi connectivity index (χ1v) is 5.44. The van der Waals surface area contributed by atoms with Crippen LogP contribution >= 0.6 is 0 Å². The molecule has 2 fully saturated rings. The first-order chi connectivity index (χ1) is 6.34. The van der Waals surface area contributed by atoms with Crippen molar-refractivity contribution in [1.29, 1.82) is 0 Å². The molecule has 1 saturated carbocycles. The van der Waals surface area contributed by atoms with E-state index in [1.165, 1.54) is 12.8 Å². The summed E-state index contributed by atoms with van der Waals surface area (Å²) in [6.07, 6.45) is 6.47. The number of hydrogen-bond donors (Lipinski definition) is 0. The molecule has 0 bridgehead atoms. The van der Waals surface area contributed by atoms with Crippen LogP contribution in [0.15, 0.2) is 0 Å². The van der Waals surface area contributed by atoms with Gasteiger partial charge in [-0.05, 0) is 37.5 Å². The van der Waals surface area contributed by atoms with Gasteiger partial charge in [0, 0.05) is 26.1 Å². The summed E-state index contributed by atoms with van der Waals surface area (Å²) in [7, 11) is 0. The van der Waals surface area contributed by atoms with E-state index in [1.807, 2.05) is 0 Å². The lowest BCUT2D eigenvalue weighted by molar-refractivity contribution is -0.121. The van der Waals surface area contributed by atoms with Crippen molar-refractivity contribution in [3.05, 3.63) is 0 Å². The third kappa shape index (κ3) is 2.53. The normalized spacial score (nSPS) is 31.1. The molecule has 13 heavy (non-hydrogen) atoms. The van der Waals surface area contributed by atoms with Crippen molar-refractivity contribution < 1.29 is 9.53 Å².